The summed E-state index contributed by atoms with van der Waals surface area (Å²) in [5, 5.41) is 18.6. The monoisotopic (exact) mass is 223 g/mol. The second-order valence-electron chi connectivity index (χ2n) is 4.48. The van der Waals surface area contributed by atoms with Crippen LogP contribution in [0, 0.1) is 16.7 Å². The van der Waals surface area contributed by atoms with Crippen LogP contribution in [-0.4, -0.2) is 16.9 Å². The molecule has 88 valence electrons. The third-order valence-corrected chi connectivity index (χ3v) is 2.75. The van der Waals surface area contributed by atoms with Crippen molar-refractivity contribution < 1.29 is 18.3 Å². The highest BCUT2D eigenvalue weighted by Crippen LogP contribution is 2.35. The molecule has 0 fully saturated rings. The van der Waals surface area contributed by atoms with E-state index in [1.165, 1.54) is 20.8 Å². The van der Waals surface area contributed by atoms with Gasteiger partial charge < -0.3 is 5.11 Å². The molecule has 0 saturated heterocycles. The number of halogens is 3. The van der Waals surface area contributed by atoms with Crippen LogP contribution in [0.5, 0.6) is 0 Å². The number of nitrogens with zero attached hydrogens (tertiary/aromatic N) is 1. The number of alkyl halides is 3. The summed E-state index contributed by atoms with van der Waals surface area (Å²) in [4.78, 5) is 0. The maximum Gasteiger partial charge on any atom is 0.389 e. The molecule has 2 nitrogen and oxygen atoms in total. The molecule has 1 N–H and O–H groups in total. The third kappa shape index (κ3) is 4.52. The van der Waals surface area contributed by atoms with E-state index in [0.717, 1.165) is 0 Å². The lowest BCUT2D eigenvalue weighted by Gasteiger charge is -2.34. The Kier molecular flexibility index (Phi) is 4.17. The predicted octanol–water partition coefficient (Wildman–Crippen LogP) is 3.02. The van der Waals surface area contributed by atoms with Crippen molar-refractivity contribution in [1.82, 2.24) is 0 Å². The molecule has 0 aromatic heterocycles. The second-order valence-corrected chi connectivity index (χ2v) is 4.48. The van der Waals surface area contributed by atoms with Crippen molar-refractivity contribution in [3.8, 4) is 6.07 Å². The standard InChI is InChI=1S/C10H16F3NO/c1-8(2,7-14)9(3,15)5-4-6-10(11,12)13/h15H,4-6H2,1-3H3. The van der Waals surface area contributed by atoms with Crippen molar-refractivity contribution in [1.29, 1.82) is 5.26 Å². The summed E-state index contributed by atoms with van der Waals surface area (Å²) in [6, 6.07) is 1.90. The molecular formula is C10H16F3NO. The van der Waals surface area contributed by atoms with Gasteiger partial charge in [-0.25, -0.2) is 0 Å². The summed E-state index contributed by atoms with van der Waals surface area (Å²) < 4.78 is 35.6. The first-order valence-corrected chi connectivity index (χ1v) is 4.72. The van der Waals surface area contributed by atoms with Gasteiger partial charge in [0.1, 0.15) is 0 Å². The molecule has 5 heteroatoms. The molecule has 0 spiro atoms. The fourth-order valence-corrected chi connectivity index (χ4v) is 1.07. The van der Waals surface area contributed by atoms with E-state index in [4.69, 9.17) is 5.26 Å². The van der Waals surface area contributed by atoms with E-state index >= 15 is 0 Å². The fourth-order valence-electron chi connectivity index (χ4n) is 1.07. The van der Waals surface area contributed by atoms with Gasteiger partial charge in [0.25, 0.3) is 0 Å². The summed E-state index contributed by atoms with van der Waals surface area (Å²) in [5.41, 5.74) is -2.44. The highest BCUT2D eigenvalue weighted by Gasteiger charge is 2.40. The minimum absolute atomic E-state index is 0.0347. The predicted molar refractivity (Wildman–Crippen MR) is 49.9 cm³/mol. The van der Waals surface area contributed by atoms with Gasteiger partial charge in [-0.1, -0.05) is 0 Å². The largest absolute Gasteiger partial charge is 0.389 e. The minimum atomic E-state index is -4.20. The lowest BCUT2D eigenvalue weighted by molar-refractivity contribution is -0.139. The molecule has 0 radical (unpaired) electrons. The zero-order valence-electron chi connectivity index (χ0n) is 9.15. The maximum absolute atomic E-state index is 11.9. The quantitative estimate of drug-likeness (QED) is 0.796. The van der Waals surface area contributed by atoms with Gasteiger partial charge in [0, 0.05) is 6.42 Å². The zero-order chi connectivity index (χ0) is 12.3. The first-order chi connectivity index (χ1) is 6.52. The Hall–Kier alpha value is -0.760. The van der Waals surface area contributed by atoms with Crippen LogP contribution in [0.2, 0.25) is 0 Å². The molecule has 1 atom stereocenters. The van der Waals surface area contributed by atoms with Gasteiger partial charge >= 0.3 is 6.18 Å². The van der Waals surface area contributed by atoms with E-state index in [-0.39, 0.29) is 12.8 Å². The van der Waals surface area contributed by atoms with Gasteiger partial charge in [0.2, 0.25) is 0 Å². The number of aliphatic hydroxyl groups is 1. The lowest BCUT2D eigenvalue weighted by atomic mass is 9.74. The number of nitriles is 1. The van der Waals surface area contributed by atoms with E-state index < -0.39 is 23.6 Å². The zero-order valence-corrected chi connectivity index (χ0v) is 9.15. The Bertz CT molecular complexity index is 250. The summed E-state index contributed by atoms with van der Waals surface area (Å²) in [7, 11) is 0. The van der Waals surface area contributed by atoms with E-state index in [1.54, 1.807) is 0 Å². The summed E-state index contributed by atoms with van der Waals surface area (Å²) in [5.74, 6) is 0. The van der Waals surface area contributed by atoms with Gasteiger partial charge in [-0.05, 0) is 33.6 Å². The minimum Gasteiger partial charge on any atom is -0.389 e. The van der Waals surface area contributed by atoms with Crippen LogP contribution in [-0.2, 0) is 0 Å². The maximum atomic E-state index is 11.9. The molecule has 0 aromatic rings. The van der Waals surface area contributed by atoms with Crippen LogP contribution in [0.4, 0.5) is 13.2 Å². The van der Waals surface area contributed by atoms with Crippen molar-refractivity contribution in [2.24, 2.45) is 5.41 Å². The molecule has 0 aliphatic rings. The first-order valence-electron chi connectivity index (χ1n) is 4.72. The molecule has 0 saturated carbocycles. The molecule has 0 aliphatic carbocycles. The Labute approximate surface area is 87.7 Å². The average Bonchev–Trinajstić information content (AvgIpc) is 2.01. The third-order valence-electron chi connectivity index (χ3n) is 2.75. The van der Waals surface area contributed by atoms with Crippen LogP contribution in [0.25, 0.3) is 0 Å². The van der Waals surface area contributed by atoms with Crippen LogP contribution < -0.4 is 0 Å². The van der Waals surface area contributed by atoms with Gasteiger partial charge in [-0.15, -0.1) is 0 Å². The normalized spacial score (nSPS) is 16.9. The average molecular weight is 223 g/mol. The van der Waals surface area contributed by atoms with Crippen LogP contribution in [0.15, 0.2) is 0 Å². The lowest BCUT2D eigenvalue weighted by Crippen LogP contribution is -2.40. The number of hydrogen-bond donors (Lipinski definition) is 1. The van der Waals surface area contributed by atoms with E-state index in [9.17, 15) is 18.3 Å². The second kappa shape index (κ2) is 4.40. The number of rotatable bonds is 4. The molecule has 0 rings (SSSR count). The van der Waals surface area contributed by atoms with Gasteiger partial charge in [0.05, 0.1) is 17.1 Å². The highest BCUT2D eigenvalue weighted by molar-refractivity contribution is 5.04. The smallest absolute Gasteiger partial charge is 0.389 e. The van der Waals surface area contributed by atoms with Crippen LogP contribution in [0.3, 0.4) is 0 Å². The Morgan fingerprint density at radius 2 is 1.60 bits per heavy atom. The Morgan fingerprint density at radius 3 is 1.93 bits per heavy atom. The van der Waals surface area contributed by atoms with Crippen LogP contribution >= 0.6 is 0 Å². The van der Waals surface area contributed by atoms with Crippen molar-refractivity contribution in [3.63, 3.8) is 0 Å². The Morgan fingerprint density at radius 1 is 1.13 bits per heavy atom. The van der Waals surface area contributed by atoms with Gasteiger partial charge in [-0.3, -0.25) is 0 Å². The van der Waals surface area contributed by atoms with Crippen molar-refractivity contribution in [2.45, 2.75) is 51.8 Å². The molecule has 1 unspecified atom stereocenters. The first kappa shape index (κ1) is 14.2. The van der Waals surface area contributed by atoms with E-state index in [1.807, 2.05) is 6.07 Å². The van der Waals surface area contributed by atoms with Gasteiger partial charge in [-0.2, -0.15) is 18.4 Å². The van der Waals surface area contributed by atoms with E-state index in [0.29, 0.717) is 0 Å². The van der Waals surface area contributed by atoms with Gasteiger partial charge in [0.15, 0.2) is 0 Å². The molecule has 0 aliphatic heterocycles. The topological polar surface area (TPSA) is 44.0 Å². The fraction of sp³-hybridized carbons (Fsp3) is 0.900. The molecule has 0 amide bonds. The van der Waals surface area contributed by atoms with Crippen molar-refractivity contribution in [2.75, 3.05) is 0 Å². The summed E-state index contributed by atoms with van der Waals surface area (Å²) >= 11 is 0. The Balaban J connectivity index is 4.25. The molecule has 0 aromatic carbocycles. The molecule has 15 heavy (non-hydrogen) atoms. The summed E-state index contributed by atoms with van der Waals surface area (Å²) in [6.07, 6.45) is -5.33. The van der Waals surface area contributed by atoms with Crippen molar-refractivity contribution in [3.05, 3.63) is 0 Å². The van der Waals surface area contributed by atoms with Crippen LogP contribution in [0.1, 0.15) is 40.0 Å². The molecular weight excluding hydrogens is 207 g/mol. The van der Waals surface area contributed by atoms with E-state index in [2.05, 4.69) is 0 Å². The highest BCUT2D eigenvalue weighted by atomic mass is 19.4. The number of hydrogen-bond acceptors (Lipinski definition) is 2. The molecule has 0 heterocycles. The molecule has 0 bridgehead atoms. The SMILES string of the molecule is CC(C)(C#N)C(C)(O)CCCC(F)(F)F. The summed E-state index contributed by atoms with van der Waals surface area (Å²) in [6.45, 7) is 4.42. The van der Waals surface area contributed by atoms with Crippen molar-refractivity contribution >= 4 is 0 Å².